The first kappa shape index (κ1) is 23.0. The number of anilines is 1. The van der Waals surface area contributed by atoms with E-state index in [0.29, 0.717) is 29.6 Å². The van der Waals surface area contributed by atoms with Crippen molar-refractivity contribution >= 4 is 39.0 Å². The number of nitrogens with zero attached hydrogens (tertiary/aromatic N) is 5. The molecule has 0 spiro atoms. The van der Waals surface area contributed by atoms with E-state index < -0.39 is 20.3 Å². The first-order valence-corrected chi connectivity index (χ1v) is 12.2. The van der Waals surface area contributed by atoms with Crippen molar-refractivity contribution in [2.45, 2.75) is 11.8 Å². The van der Waals surface area contributed by atoms with Crippen molar-refractivity contribution in [1.82, 2.24) is 14.3 Å². The van der Waals surface area contributed by atoms with Gasteiger partial charge in [-0.1, -0.05) is 17.7 Å². The average Bonchev–Trinajstić information content (AvgIpc) is 2.79. The molecule has 0 radical (unpaired) electrons. The van der Waals surface area contributed by atoms with E-state index in [1.165, 1.54) is 28.7 Å². The third kappa shape index (κ3) is 4.37. The van der Waals surface area contributed by atoms with Crippen molar-refractivity contribution in [3.63, 3.8) is 0 Å². The van der Waals surface area contributed by atoms with Gasteiger partial charge in [0.25, 0.3) is 5.56 Å². The van der Waals surface area contributed by atoms with Gasteiger partial charge in [0.05, 0.1) is 10.5 Å². The Labute approximate surface area is 196 Å². The van der Waals surface area contributed by atoms with Gasteiger partial charge in [-0.15, -0.1) is 0 Å². The van der Waals surface area contributed by atoms with E-state index in [9.17, 15) is 18.5 Å². The molecule has 0 aliphatic carbocycles. The number of aryl methyl sites for hydroxylation is 1. The van der Waals surface area contributed by atoms with Gasteiger partial charge in [0, 0.05) is 37.4 Å². The van der Waals surface area contributed by atoms with Crippen molar-refractivity contribution < 1.29 is 8.42 Å². The van der Waals surface area contributed by atoms with Crippen LogP contribution in [0.3, 0.4) is 0 Å². The van der Waals surface area contributed by atoms with Crippen LogP contribution in [0.25, 0.3) is 11.7 Å². The fourth-order valence-corrected chi connectivity index (χ4v) is 5.00. The van der Waals surface area contributed by atoms with Crippen LogP contribution >= 0.6 is 11.6 Å². The molecule has 0 N–H and O–H groups in total. The lowest BCUT2D eigenvalue weighted by molar-refractivity contribution is 0.312. The maximum atomic E-state index is 13.5. The van der Waals surface area contributed by atoms with Crippen molar-refractivity contribution in [2.75, 3.05) is 38.1 Å². The van der Waals surface area contributed by atoms with Gasteiger partial charge >= 0.3 is 0 Å². The minimum Gasteiger partial charge on any atom is -0.353 e. The van der Waals surface area contributed by atoms with E-state index in [1.807, 2.05) is 24.9 Å². The van der Waals surface area contributed by atoms with Crippen LogP contribution in [-0.4, -0.2) is 55.9 Å². The molecule has 0 saturated carbocycles. The van der Waals surface area contributed by atoms with Gasteiger partial charge in [-0.2, -0.15) is 5.26 Å². The fourth-order valence-electron chi connectivity index (χ4n) is 3.73. The number of allylic oxidation sites excluding steroid dienone is 1. The van der Waals surface area contributed by atoms with Crippen LogP contribution in [-0.2, 0) is 9.84 Å². The Kier molecular flexibility index (Phi) is 6.26. The summed E-state index contributed by atoms with van der Waals surface area (Å²) in [5, 5.41) is 10.1. The standard InChI is InChI=1S/C23H22ClN5O3S/c1-16-4-3-9-29-21(16)26-22(28-12-10-27(2)11-13-28)20(23(29)30)14-19(15-25)33(31,32)18-7-5-17(24)6-8-18/h3-9,14H,10-13H2,1-2H3. The predicted molar refractivity (Wildman–Crippen MR) is 128 cm³/mol. The van der Waals surface area contributed by atoms with Crippen molar-refractivity contribution in [3.8, 4) is 6.07 Å². The zero-order chi connectivity index (χ0) is 23.8. The van der Waals surface area contributed by atoms with E-state index >= 15 is 0 Å². The molecular formula is C23H22ClN5O3S. The average molecular weight is 484 g/mol. The number of benzene rings is 1. The summed E-state index contributed by atoms with van der Waals surface area (Å²) in [4.78, 5) is 21.7. The highest BCUT2D eigenvalue weighted by Gasteiger charge is 2.26. The van der Waals surface area contributed by atoms with Gasteiger partial charge in [-0.05, 0) is 55.9 Å². The second kappa shape index (κ2) is 8.98. The van der Waals surface area contributed by atoms with Crippen molar-refractivity contribution in [3.05, 3.63) is 74.0 Å². The minimum absolute atomic E-state index is 0.0664. The lowest BCUT2D eigenvalue weighted by Crippen LogP contribution is -2.45. The molecule has 0 bridgehead atoms. The van der Waals surface area contributed by atoms with Gasteiger partial charge < -0.3 is 9.80 Å². The Balaban J connectivity index is 1.95. The number of pyridine rings is 1. The van der Waals surface area contributed by atoms with Crippen LogP contribution in [0.5, 0.6) is 0 Å². The number of halogens is 1. The summed E-state index contributed by atoms with van der Waals surface area (Å²) in [6, 6.07) is 10.9. The maximum absolute atomic E-state index is 13.5. The largest absolute Gasteiger partial charge is 0.353 e. The number of aromatic nitrogens is 2. The van der Waals surface area contributed by atoms with Gasteiger partial charge in [0.2, 0.25) is 9.84 Å². The molecular weight excluding hydrogens is 462 g/mol. The zero-order valence-corrected chi connectivity index (χ0v) is 19.8. The molecule has 33 heavy (non-hydrogen) atoms. The number of rotatable bonds is 4. The Hall–Kier alpha value is -3.19. The molecule has 3 aromatic rings. The third-order valence-corrected chi connectivity index (χ3v) is 7.60. The summed E-state index contributed by atoms with van der Waals surface area (Å²) in [6.45, 7) is 4.64. The molecule has 1 saturated heterocycles. The Morgan fingerprint density at radius 1 is 1.15 bits per heavy atom. The van der Waals surface area contributed by atoms with Gasteiger partial charge in [0.15, 0.2) is 0 Å². The monoisotopic (exact) mass is 483 g/mol. The molecule has 1 aliphatic heterocycles. The van der Waals surface area contributed by atoms with E-state index in [-0.39, 0.29) is 10.5 Å². The molecule has 1 aromatic carbocycles. The summed E-state index contributed by atoms with van der Waals surface area (Å²) >= 11 is 5.88. The minimum atomic E-state index is -4.16. The zero-order valence-electron chi connectivity index (χ0n) is 18.2. The van der Waals surface area contributed by atoms with E-state index in [0.717, 1.165) is 24.7 Å². The maximum Gasteiger partial charge on any atom is 0.267 e. The quantitative estimate of drug-likeness (QED) is 0.526. The number of piperazine rings is 1. The van der Waals surface area contributed by atoms with Crippen LogP contribution < -0.4 is 10.5 Å². The molecule has 1 aliphatic rings. The summed E-state index contributed by atoms with van der Waals surface area (Å²) in [5.41, 5.74) is 0.941. The topological polar surface area (TPSA) is 98.8 Å². The Morgan fingerprint density at radius 2 is 1.82 bits per heavy atom. The SMILES string of the molecule is Cc1cccn2c(=O)c(C=C(C#N)S(=O)(=O)c3ccc(Cl)cc3)c(N3CCN(C)CC3)nc12. The molecule has 0 unspecified atom stereocenters. The molecule has 170 valence electrons. The summed E-state index contributed by atoms with van der Waals surface area (Å²) in [6.07, 6.45) is 2.73. The summed E-state index contributed by atoms with van der Waals surface area (Å²) in [7, 11) is -2.15. The van der Waals surface area contributed by atoms with Gasteiger partial charge in [0.1, 0.15) is 22.4 Å². The highest BCUT2D eigenvalue weighted by atomic mass is 35.5. The number of likely N-dealkylation sites (N-methyl/N-ethyl adjacent to an activating group) is 1. The number of hydrogen-bond donors (Lipinski definition) is 0. The first-order chi connectivity index (χ1) is 15.7. The summed E-state index contributed by atoms with van der Waals surface area (Å²) in [5.74, 6) is 0.376. The van der Waals surface area contributed by atoms with Crippen molar-refractivity contribution in [2.24, 2.45) is 0 Å². The van der Waals surface area contributed by atoms with Gasteiger partial charge in [-0.3, -0.25) is 9.20 Å². The van der Waals surface area contributed by atoms with E-state index in [4.69, 9.17) is 16.6 Å². The Bertz CT molecular complexity index is 1450. The Morgan fingerprint density at radius 3 is 2.45 bits per heavy atom. The number of hydrogen-bond acceptors (Lipinski definition) is 7. The highest BCUT2D eigenvalue weighted by molar-refractivity contribution is 7.95. The highest BCUT2D eigenvalue weighted by Crippen LogP contribution is 2.26. The van der Waals surface area contributed by atoms with Crippen LogP contribution in [0, 0.1) is 18.3 Å². The lowest BCUT2D eigenvalue weighted by atomic mass is 10.2. The molecule has 3 heterocycles. The van der Waals surface area contributed by atoms with Crippen LogP contribution in [0.15, 0.2) is 57.2 Å². The molecule has 4 rings (SSSR count). The van der Waals surface area contributed by atoms with Crippen molar-refractivity contribution in [1.29, 1.82) is 5.26 Å². The van der Waals surface area contributed by atoms with Crippen LogP contribution in [0.2, 0.25) is 5.02 Å². The second-order valence-corrected chi connectivity index (χ2v) is 10.3. The molecule has 0 atom stereocenters. The number of nitriles is 1. The molecule has 10 heteroatoms. The number of fused-ring (bicyclic) bond motifs is 1. The van der Waals surface area contributed by atoms with Crippen LogP contribution in [0.1, 0.15) is 11.1 Å². The summed E-state index contributed by atoms with van der Waals surface area (Å²) < 4.78 is 27.7. The fraction of sp³-hybridized carbons (Fsp3) is 0.261. The molecule has 2 aromatic heterocycles. The predicted octanol–water partition coefficient (Wildman–Crippen LogP) is 2.75. The smallest absolute Gasteiger partial charge is 0.267 e. The second-order valence-electron chi connectivity index (χ2n) is 7.91. The van der Waals surface area contributed by atoms with E-state index in [1.54, 1.807) is 18.3 Å². The number of sulfone groups is 1. The molecule has 8 nitrogen and oxygen atoms in total. The normalized spacial score (nSPS) is 15.6. The molecule has 1 fully saturated rings. The van der Waals surface area contributed by atoms with E-state index in [2.05, 4.69) is 4.90 Å². The lowest BCUT2D eigenvalue weighted by Gasteiger charge is -2.34. The first-order valence-electron chi connectivity index (χ1n) is 10.3. The van der Waals surface area contributed by atoms with Crippen LogP contribution in [0.4, 0.5) is 5.82 Å². The third-order valence-electron chi connectivity index (χ3n) is 5.67. The molecule has 0 amide bonds. The van der Waals surface area contributed by atoms with Gasteiger partial charge in [-0.25, -0.2) is 13.4 Å².